The molecule has 1 saturated heterocycles. The van der Waals surface area contributed by atoms with Crippen molar-refractivity contribution in [2.45, 2.75) is 13.1 Å². The van der Waals surface area contributed by atoms with E-state index >= 15 is 0 Å². The second kappa shape index (κ2) is 6.75. The molecule has 30 heavy (non-hydrogen) atoms. The van der Waals surface area contributed by atoms with Crippen LogP contribution in [0.2, 0.25) is 0 Å². The van der Waals surface area contributed by atoms with Crippen LogP contribution in [0.3, 0.4) is 0 Å². The number of aryl methyl sites for hydroxylation is 1. The van der Waals surface area contributed by atoms with Gasteiger partial charge in [0.1, 0.15) is 17.5 Å². The van der Waals surface area contributed by atoms with Crippen LogP contribution in [0.15, 0.2) is 30.6 Å². The zero-order valence-corrected chi connectivity index (χ0v) is 15.9. The molecule has 1 aliphatic rings. The van der Waals surface area contributed by atoms with Gasteiger partial charge in [-0.25, -0.2) is 9.97 Å². The Bertz CT molecular complexity index is 1230. The van der Waals surface area contributed by atoms with Crippen LogP contribution in [0.25, 0.3) is 16.6 Å². The molecule has 0 N–H and O–H groups in total. The minimum Gasteiger partial charge on any atom is -0.352 e. The molecule has 0 radical (unpaired) electrons. The second-order valence-electron chi connectivity index (χ2n) is 6.94. The number of anilines is 2. The molecule has 0 unspecified atom stereocenters. The first-order chi connectivity index (χ1) is 14.4. The van der Waals surface area contributed by atoms with Crippen molar-refractivity contribution in [3.05, 3.63) is 42.2 Å². The maximum absolute atomic E-state index is 13.1. The molecule has 0 saturated carbocycles. The number of fused-ring (bicyclic) bond motifs is 2. The van der Waals surface area contributed by atoms with Gasteiger partial charge in [0.25, 0.3) is 5.82 Å². The van der Waals surface area contributed by atoms with E-state index in [-0.39, 0.29) is 5.65 Å². The Morgan fingerprint density at radius 3 is 2.47 bits per heavy atom. The maximum atomic E-state index is 13.1. The van der Waals surface area contributed by atoms with Gasteiger partial charge < -0.3 is 9.80 Å². The lowest BCUT2D eigenvalue weighted by atomic mass is 10.2. The topological polar surface area (TPSA) is 88.2 Å². The van der Waals surface area contributed by atoms with Crippen LogP contribution in [0, 0.1) is 6.92 Å². The summed E-state index contributed by atoms with van der Waals surface area (Å²) in [5, 5.41) is 11.8. The molecule has 0 spiro atoms. The molecule has 5 heterocycles. The zero-order chi connectivity index (χ0) is 20.9. The fourth-order valence-electron chi connectivity index (χ4n) is 3.59. The van der Waals surface area contributed by atoms with Crippen molar-refractivity contribution in [1.29, 1.82) is 0 Å². The molecule has 0 aromatic carbocycles. The van der Waals surface area contributed by atoms with Gasteiger partial charge in [0.2, 0.25) is 0 Å². The minimum atomic E-state index is -4.62. The van der Waals surface area contributed by atoms with E-state index in [1.165, 1.54) is 6.07 Å². The first kappa shape index (κ1) is 18.5. The third-order valence-corrected chi connectivity index (χ3v) is 5.00. The van der Waals surface area contributed by atoms with Gasteiger partial charge in [-0.3, -0.25) is 4.98 Å². The molecule has 0 amide bonds. The normalized spacial score (nSPS) is 15.3. The standard InChI is InChI=1S/C18H16F3N9/c1-11-23-13-10-22-5-4-12(13)16(24-11)29-8-6-28(7-9-29)15-3-2-14-25-26-17(18(19,20)21)30(14)27-15/h2-5,10H,6-9H2,1H3. The molecule has 12 heteroatoms. The monoisotopic (exact) mass is 415 g/mol. The lowest BCUT2D eigenvalue weighted by Crippen LogP contribution is -2.47. The number of halogens is 3. The van der Waals surface area contributed by atoms with Crippen LogP contribution in [-0.4, -0.2) is 60.9 Å². The van der Waals surface area contributed by atoms with Crippen molar-refractivity contribution in [1.82, 2.24) is 34.8 Å². The highest BCUT2D eigenvalue weighted by atomic mass is 19.4. The zero-order valence-electron chi connectivity index (χ0n) is 15.9. The first-order valence-corrected chi connectivity index (χ1v) is 9.28. The Morgan fingerprint density at radius 2 is 1.70 bits per heavy atom. The van der Waals surface area contributed by atoms with Crippen LogP contribution in [0.5, 0.6) is 0 Å². The summed E-state index contributed by atoms with van der Waals surface area (Å²) in [5.74, 6) is 0.809. The molecule has 4 aromatic heterocycles. The molecule has 0 bridgehead atoms. The van der Waals surface area contributed by atoms with Crippen LogP contribution in [0.1, 0.15) is 11.6 Å². The van der Waals surface area contributed by atoms with Gasteiger partial charge in [-0.1, -0.05) is 0 Å². The van der Waals surface area contributed by atoms with Crippen LogP contribution in [0.4, 0.5) is 24.8 Å². The van der Waals surface area contributed by atoms with E-state index < -0.39 is 12.0 Å². The number of hydrogen-bond acceptors (Lipinski definition) is 8. The Labute approximate surface area is 168 Å². The number of piperazine rings is 1. The van der Waals surface area contributed by atoms with Gasteiger partial charge in [0, 0.05) is 37.8 Å². The summed E-state index contributed by atoms with van der Waals surface area (Å²) in [6.07, 6.45) is -1.21. The summed E-state index contributed by atoms with van der Waals surface area (Å²) < 4.78 is 40.1. The van der Waals surface area contributed by atoms with E-state index in [0.29, 0.717) is 37.8 Å². The van der Waals surface area contributed by atoms with Crippen molar-refractivity contribution >= 4 is 28.2 Å². The van der Waals surface area contributed by atoms with Crippen molar-refractivity contribution < 1.29 is 13.2 Å². The van der Waals surface area contributed by atoms with Crippen LogP contribution >= 0.6 is 0 Å². The molecule has 5 rings (SSSR count). The van der Waals surface area contributed by atoms with E-state index in [4.69, 9.17) is 0 Å². The smallest absolute Gasteiger partial charge is 0.352 e. The third kappa shape index (κ3) is 3.13. The molecule has 0 aliphatic carbocycles. The van der Waals surface area contributed by atoms with E-state index in [2.05, 4.69) is 35.1 Å². The van der Waals surface area contributed by atoms with Gasteiger partial charge in [0.15, 0.2) is 5.65 Å². The maximum Gasteiger partial charge on any atom is 0.453 e. The Kier molecular flexibility index (Phi) is 4.15. The minimum absolute atomic E-state index is 0.0567. The highest BCUT2D eigenvalue weighted by Gasteiger charge is 2.38. The van der Waals surface area contributed by atoms with Crippen LogP contribution < -0.4 is 9.80 Å². The summed E-state index contributed by atoms with van der Waals surface area (Å²) in [7, 11) is 0. The Balaban J connectivity index is 1.40. The number of aromatic nitrogens is 7. The highest BCUT2D eigenvalue weighted by Crippen LogP contribution is 2.28. The van der Waals surface area contributed by atoms with Gasteiger partial charge >= 0.3 is 6.18 Å². The van der Waals surface area contributed by atoms with Crippen LogP contribution in [-0.2, 0) is 6.18 Å². The average Bonchev–Trinajstić information content (AvgIpc) is 3.17. The number of pyridine rings is 1. The lowest BCUT2D eigenvalue weighted by Gasteiger charge is -2.36. The second-order valence-corrected chi connectivity index (χ2v) is 6.94. The van der Waals surface area contributed by atoms with Crippen molar-refractivity contribution in [2.75, 3.05) is 36.0 Å². The number of hydrogen-bond donors (Lipinski definition) is 0. The van der Waals surface area contributed by atoms with Crippen molar-refractivity contribution in [3.63, 3.8) is 0 Å². The third-order valence-electron chi connectivity index (χ3n) is 5.00. The molecular formula is C18H16F3N9. The molecular weight excluding hydrogens is 399 g/mol. The Morgan fingerprint density at radius 1 is 0.933 bits per heavy atom. The van der Waals surface area contributed by atoms with E-state index in [1.807, 2.05) is 17.9 Å². The van der Waals surface area contributed by atoms with E-state index in [1.54, 1.807) is 18.5 Å². The largest absolute Gasteiger partial charge is 0.453 e. The summed E-state index contributed by atoms with van der Waals surface area (Å²) in [6, 6.07) is 5.04. The summed E-state index contributed by atoms with van der Waals surface area (Å²) in [4.78, 5) is 17.2. The Hall–Kier alpha value is -3.57. The average molecular weight is 415 g/mol. The first-order valence-electron chi connectivity index (χ1n) is 9.28. The summed E-state index contributed by atoms with van der Waals surface area (Å²) >= 11 is 0. The molecule has 0 atom stereocenters. The van der Waals surface area contributed by atoms with Crippen molar-refractivity contribution in [2.24, 2.45) is 0 Å². The number of rotatable bonds is 2. The van der Waals surface area contributed by atoms with Gasteiger partial charge in [0.05, 0.1) is 11.7 Å². The van der Waals surface area contributed by atoms with Gasteiger partial charge in [-0.2, -0.15) is 17.7 Å². The summed E-state index contributed by atoms with van der Waals surface area (Å²) in [6.45, 7) is 4.28. The predicted octanol–water partition coefficient (Wildman–Crippen LogP) is 2.12. The molecule has 154 valence electrons. The fraction of sp³-hybridized carbons (Fsp3) is 0.333. The number of alkyl halides is 3. The number of nitrogens with zero attached hydrogens (tertiary/aromatic N) is 9. The summed E-state index contributed by atoms with van der Waals surface area (Å²) in [5.41, 5.74) is 0.836. The van der Waals surface area contributed by atoms with Crippen molar-refractivity contribution in [3.8, 4) is 0 Å². The SMILES string of the molecule is Cc1nc(N2CCN(c3ccc4nnc(C(F)(F)F)n4n3)CC2)c2ccncc2n1. The van der Waals surface area contributed by atoms with E-state index in [0.717, 1.165) is 21.2 Å². The highest BCUT2D eigenvalue weighted by molar-refractivity contribution is 5.88. The molecule has 1 aliphatic heterocycles. The van der Waals surface area contributed by atoms with E-state index in [9.17, 15) is 13.2 Å². The molecule has 1 fully saturated rings. The fourth-order valence-corrected chi connectivity index (χ4v) is 3.59. The predicted molar refractivity (Wildman–Crippen MR) is 102 cm³/mol. The lowest BCUT2D eigenvalue weighted by molar-refractivity contribution is -0.146. The van der Waals surface area contributed by atoms with Gasteiger partial charge in [-0.05, 0) is 25.1 Å². The van der Waals surface area contributed by atoms with Gasteiger partial charge in [-0.15, -0.1) is 15.3 Å². The quantitative estimate of drug-likeness (QED) is 0.492. The molecule has 9 nitrogen and oxygen atoms in total. The molecule has 4 aromatic rings.